The third-order valence-corrected chi connectivity index (χ3v) is 9.71. The Labute approximate surface area is 307 Å². The van der Waals surface area contributed by atoms with Gasteiger partial charge < -0.3 is 35.2 Å². The number of rotatable bonds is 14. The molecule has 10 heteroatoms. The number of methoxy groups -OCH3 is 1. The van der Waals surface area contributed by atoms with E-state index >= 15 is 0 Å². The van der Waals surface area contributed by atoms with E-state index in [9.17, 15) is 14.4 Å². The van der Waals surface area contributed by atoms with E-state index in [0.717, 1.165) is 61.9 Å². The minimum absolute atomic E-state index is 0.242. The van der Waals surface area contributed by atoms with Crippen molar-refractivity contribution in [3.05, 3.63) is 102 Å². The summed E-state index contributed by atoms with van der Waals surface area (Å²) in [5.74, 6) is 0.647. The highest BCUT2D eigenvalue weighted by atomic mass is 16.5. The van der Waals surface area contributed by atoms with E-state index in [2.05, 4.69) is 24.3 Å². The first-order chi connectivity index (χ1) is 25.0. The molecule has 274 valence electrons. The van der Waals surface area contributed by atoms with Crippen molar-refractivity contribution in [1.29, 1.82) is 0 Å². The number of amides is 3. The fourth-order valence-corrected chi connectivity index (χ4v) is 6.56. The predicted octanol–water partition coefficient (Wildman–Crippen LogP) is 7.27. The SMILES string of the molecule is COc1cc(C(=O)N(C)c2ccc(C)cc2OCCCCCC(=O)N2CCC(N(C)C)CC2)ccc1NC(=O)c1ccccc1-c1ccc(N)cc1. The maximum atomic E-state index is 13.8. The number of nitrogens with one attached hydrogen (secondary N) is 1. The minimum atomic E-state index is -0.310. The minimum Gasteiger partial charge on any atom is -0.495 e. The Bertz CT molecular complexity index is 1850. The summed E-state index contributed by atoms with van der Waals surface area (Å²) >= 11 is 0. The second-order valence-electron chi connectivity index (χ2n) is 13.6. The Morgan fingerprint density at radius 2 is 1.60 bits per heavy atom. The van der Waals surface area contributed by atoms with E-state index in [1.807, 2.05) is 60.4 Å². The van der Waals surface area contributed by atoms with Crippen LogP contribution in [0.15, 0.2) is 84.9 Å². The zero-order valence-corrected chi connectivity index (χ0v) is 31.0. The molecule has 0 unspecified atom stereocenters. The van der Waals surface area contributed by atoms with Crippen LogP contribution in [0.1, 0.15) is 64.8 Å². The maximum absolute atomic E-state index is 13.8. The predicted molar refractivity (Wildman–Crippen MR) is 208 cm³/mol. The Balaban J connectivity index is 1.18. The van der Waals surface area contributed by atoms with E-state index in [-0.39, 0.29) is 17.7 Å². The number of anilines is 3. The number of aryl methyl sites for hydroxylation is 1. The lowest BCUT2D eigenvalue weighted by atomic mass is 9.99. The Morgan fingerprint density at radius 3 is 2.31 bits per heavy atom. The zero-order valence-electron chi connectivity index (χ0n) is 31.0. The van der Waals surface area contributed by atoms with Gasteiger partial charge in [-0.05, 0) is 118 Å². The molecule has 0 atom stereocenters. The summed E-state index contributed by atoms with van der Waals surface area (Å²) in [4.78, 5) is 45.8. The molecule has 52 heavy (non-hydrogen) atoms. The van der Waals surface area contributed by atoms with Crippen LogP contribution in [0.5, 0.6) is 11.5 Å². The number of piperidine rings is 1. The second kappa shape index (κ2) is 17.7. The van der Waals surface area contributed by atoms with Gasteiger partial charge in [0.25, 0.3) is 11.8 Å². The van der Waals surface area contributed by atoms with Crippen molar-refractivity contribution in [2.45, 2.75) is 51.5 Å². The molecule has 10 nitrogen and oxygen atoms in total. The van der Waals surface area contributed by atoms with E-state index < -0.39 is 0 Å². The van der Waals surface area contributed by atoms with Crippen molar-refractivity contribution in [3.63, 3.8) is 0 Å². The molecule has 4 aromatic rings. The Morgan fingerprint density at radius 1 is 0.865 bits per heavy atom. The van der Waals surface area contributed by atoms with E-state index in [4.69, 9.17) is 15.2 Å². The Kier molecular flexibility index (Phi) is 12.9. The number of benzene rings is 4. The normalized spacial score (nSPS) is 13.2. The molecule has 3 N–H and O–H groups in total. The van der Waals surface area contributed by atoms with Crippen LogP contribution in [0, 0.1) is 6.92 Å². The van der Waals surface area contributed by atoms with Crippen LogP contribution >= 0.6 is 0 Å². The fraction of sp³-hybridized carbons (Fsp3) is 0.357. The molecule has 1 aliphatic heterocycles. The molecule has 0 aliphatic carbocycles. The summed E-state index contributed by atoms with van der Waals surface area (Å²) in [7, 11) is 7.42. The summed E-state index contributed by atoms with van der Waals surface area (Å²) < 4.78 is 11.8. The molecule has 1 saturated heterocycles. The number of nitrogen functional groups attached to an aromatic ring is 1. The molecule has 5 rings (SSSR count). The molecule has 0 saturated carbocycles. The first kappa shape index (κ1) is 37.9. The topological polar surface area (TPSA) is 117 Å². The molecule has 1 fully saturated rings. The number of nitrogens with two attached hydrogens (primary N) is 1. The lowest BCUT2D eigenvalue weighted by Crippen LogP contribution is -2.44. The van der Waals surface area contributed by atoms with Gasteiger partial charge in [0.15, 0.2) is 0 Å². The highest BCUT2D eigenvalue weighted by Gasteiger charge is 2.24. The van der Waals surface area contributed by atoms with Crippen LogP contribution < -0.4 is 25.4 Å². The highest BCUT2D eigenvalue weighted by molar-refractivity contribution is 6.10. The first-order valence-corrected chi connectivity index (χ1v) is 18.0. The van der Waals surface area contributed by atoms with Crippen molar-refractivity contribution in [1.82, 2.24) is 9.80 Å². The van der Waals surface area contributed by atoms with Crippen molar-refractivity contribution >= 4 is 34.8 Å². The fourth-order valence-electron chi connectivity index (χ4n) is 6.56. The largest absolute Gasteiger partial charge is 0.495 e. The Hall–Kier alpha value is -5.35. The number of carbonyl (C=O) groups excluding carboxylic acids is 3. The average Bonchev–Trinajstić information content (AvgIpc) is 3.16. The number of hydrogen-bond donors (Lipinski definition) is 2. The van der Waals surface area contributed by atoms with Crippen molar-refractivity contribution in [2.24, 2.45) is 0 Å². The zero-order chi connectivity index (χ0) is 37.2. The van der Waals surface area contributed by atoms with Crippen LogP contribution in [-0.2, 0) is 4.79 Å². The third kappa shape index (κ3) is 9.50. The first-order valence-electron chi connectivity index (χ1n) is 18.0. The molecule has 1 heterocycles. The van der Waals surface area contributed by atoms with Gasteiger partial charge in [-0.25, -0.2) is 0 Å². The van der Waals surface area contributed by atoms with Gasteiger partial charge in [-0.2, -0.15) is 0 Å². The van der Waals surface area contributed by atoms with Crippen LogP contribution in [0.3, 0.4) is 0 Å². The van der Waals surface area contributed by atoms with Gasteiger partial charge in [0, 0.05) is 49.4 Å². The number of unbranched alkanes of at least 4 members (excludes halogenated alkanes) is 2. The molecular formula is C42H51N5O5. The quantitative estimate of drug-likeness (QED) is 0.105. The molecule has 1 aliphatic rings. The van der Waals surface area contributed by atoms with Crippen molar-refractivity contribution in [3.8, 4) is 22.6 Å². The lowest BCUT2D eigenvalue weighted by Gasteiger charge is -2.35. The van der Waals surface area contributed by atoms with Gasteiger partial charge in [-0.15, -0.1) is 0 Å². The summed E-state index contributed by atoms with van der Waals surface area (Å²) in [5, 5.41) is 2.95. The van der Waals surface area contributed by atoms with Crippen LogP contribution in [0.25, 0.3) is 11.1 Å². The number of hydrogen-bond acceptors (Lipinski definition) is 7. The standard InChI is InChI=1S/C42H51N5O5/c1-29-14-21-37(39(27-29)52-26-10-6-7-13-40(48)47-24-22-33(23-25-47)45(2)3)46(4)42(50)31-17-20-36(38(28-31)51-5)44-41(49)35-12-9-8-11-34(35)30-15-18-32(43)19-16-30/h8-9,11-12,14-21,27-28,33H,6-7,10,13,22-26,43H2,1-5H3,(H,44,49). The molecule has 4 aromatic carbocycles. The smallest absolute Gasteiger partial charge is 0.258 e. The number of likely N-dealkylation sites (tertiary alicyclic amines) is 1. The van der Waals surface area contributed by atoms with Gasteiger partial charge in [0.1, 0.15) is 11.5 Å². The molecule has 0 bridgehead atoms. The monoisotopic (exact) mass is 705 g/mol. The summed E-state index contributed by atoms with van der Waals surface area (Å²) in [6.45, 7) is 4.13. The summed E-state index contributed by atoms with van der Waals surface area (Å²) in [6.07, 6.45) is 5.12. The number of carbonyl (C=O) groups is 3. The van der Waals surface area contributed by atoms with Gasteiger partial charge in [0.2, 0.25) is 5.91 Å². The lowest BCUT2D eigenvalue weighted by molar-refractivity contribution is -0.132. The maximum Gasteiger partial charge on any atom is 0.258 e. The van der Waals surface area contributed by atoms with Crippen LogP contribution in [-0.4, -0.2) is 81.5 Å². The molecule has 0 radical (unpaired) electrons. The number of ether oxygens (including phenoxy) is 2. The van der Waals surface area contributed by atoms with Crippen LogP contribution in [0.2, 0.25) is 0 Å². The van der Waals surface area contributed by atoms with Gasteiger partial charge >= 0.3 is 0 Å². The average molecular weight is 706 g/mol. The molecule has 0 spiro atoms. The molecule has 0 aromatic heterocycles. The molecular weight excluding hydrogens is 654 g/mol. The van der Waals surface area contributed by atoms with E-state index in [0.29, 0.717) is 58.8 Å². The molecule has 3 amide bonds. The second-order valence-corrected chi connectivity index (χ2v) is 13.6. The van der Waals surface area contributed by atoms with Crippen LogP contribution in [0.4, 0.5) is 17.1 Å². The van der Waals surface area contributed by atoms with Gasteiger partial charge in [-0.1, -0.05) is 36.4 Å². The van der Waals surface area contributed by atoms with Crippen molar-refractivity contribution < 1.29 is 23.9 Å². The third-order valence-electron chi connectivity index (χ3n) is 9.71. The number of nitrogens with zero attached hydrogens (tertiary/aromatic N) is 3. The van der Waals surface area contributed by atoms with Crippen molar-refractivity contribution in [2.75, 3.05) is 63.9 Å². The van der Waals surface area contributed by atoms with Gasteiger partial charge in [-0.3, -0.25) is 14.4 Å². The summed E-state index contributed by atoms with van der Waals surface area (Å²) in [6, 6.07) is 26.0. The summed E-state index contributed by atoms with van der Waals surface area (Å²) in [5.41, 5.74) is 11.1. The van der Waals surface area contributed by atoms with E-state index in [1.54, 1.807) is 48.3 Å². The van der Waals surface area contributed by atoms with Gasteiger partial charge in [0.05, 0.1) is 25.1 Å². The highest BCUT2D eigenvalue weighted by Crippen LogP contribution is 2.33. The van der Waals surface area contributed by atoms with E-state index in [1.165, 1.54) is 7.11 Å².